The minimum absolute atomic E-state index is 0.0594. The van der Waals surface area contributed by atoms with Gasteiger partial charge in [0.25, 0.3) is 0 Å². The van der Waals surface area contributed by atoms with E-state index in [1.165, 1.54) is 5.56 Å². The van der Waals surface area contributed by atoms with Crippen LogP contribution in [0.1, 0.15) is 51.2 Å². The molecule has 2 aromatic rings. The molecule has 7 heteroatoms. The molecule has 4 rings (SSSR count). The van der Waals surface area contributed by atoms with Crippen molar-refractivity contribution in [2.75, 3.05) is 19.6 Å². The van der Waals surface area contributed by atoms with Gasteiger partial charge in [0.05, 0.1) is 6.42 Å². The number of piperidine rings is 1. The number of nitrogens with zero attached hydrogens (tertiary/aromatic N) is 2. The molecular weight excluding hydrogens is 454 g/mol. The molecule has 2 heterocycles. The van der Waals surface area contributed by atoms with Gasteiger partial charge in [-0.15, -0.1) is 0 Å². The molecular formula is C29H37N3O4. The van der Waals surface area contributed by atoms with E-state index in [0.717, 1.165) is 12.1 Å². The summed E-state index contributed by atoms with van der Waals surface area (Å²) in [5, 5.41) is 3.03. The van der Waals surface area contributed by atoms with Gasteiger partial charge < -0.3 is 15.0 Å². The SMILES string of the molecule is CC(C)(C)OC(=O)CCN1C(=O)C(Cc2ccccc2)NC(=O)C12CCN(Cc1ccccc1)CC2. The molecule has 2 aliphatic heterocycles. The van der Waals surface area contributed by atoms with E-state index in [-0.39, 0.29) is 30.7 Å². The maximum atomic E-state index is 13.8. The lowest BCUT2D eigenvalue weighted by Crippen LogP contribution is -2.73. The molecule has 0 bridgehead atoms. The van der Waals surface area contributed by atoms with Crippen molar-refractivity contribution in [3.8, 4) is 0 Å². The molecule has 2 fully saturated rings. The molecule has 36 heavy (non-hydrogen) atoms. The summed E-state index contributed by atoms with van der Waals surface area (Å²) in [4.78, 5) is 43.9. The maximum Gasteiger partial charge on any atom is 0.308 e. The summed E-state index contributed by atoms with van der Waals surface area (Å²) in [6.45, 7) is 7.84. The molecule has 0 aliphatic carbocycles. The van der Waals surface area contributed by atoms with E-state index in [0.29, 0.717) is 32.4 Å². The minimum atomic E-state index is -0.945. The first-order valence-corrected chi connectivity index (χ1v) is 12.8. The van der Waals surface area contributed by atoms with Gasteiger partial charge in [0, 0.05) is 32.6 Å². The first-order chi connectivity index (χ1) is 17.2. The van der Waals surface area contributed by atoms with E-state index in [1.807, 2.05) is 69.3 Å². The Hall–Kier alpha value is -3.19. The fraction of sp³-hybridized carbons (Fsp3) is 0.483. The van der Waals surface area contributed by atoms with Crippen LogP contribution in [-0.4, -0.2) is 64.4 Å². The summed E-state index contributed by atoms with van der Waals surface area (Å²) >= 11 is 0. The van der Waals surface area contributed by atoms with E-state index < -0.39 is 17.2 Å². The molecule has 1 spiro atoms. The molecule has 2 aromatic carbocycles. The average molecular weight is 492 g/mol. The smallest absolute Gasteiger partial charge is 0.308 e. The highest BCUT2D eigenvalue weighted by Gasteiger charge is 2.53. The number of esters is 1. The van der Waals surface area contributed by atoms with Gasteiger partial charge in [0.1, 0.15) is 17.2 Å². The van der Waals surface area contributed by atoms with Crippen LogP contribution < -0.4 is 5.32 Å². The number of carbonyl (C=O) groups is 3. The first-order valence-electron chi connectivity index (χ1n) is 12.8. The number of benzene rings is 2. The van der Waals surface area contributed by atoms with E-state index in [2.05, 4.69) is 22.3 Å². The molecule has 0 saturated carbocycles. The van der Waals surface area contributed by atoms with Gasteiger partial charge in [-0.2, -0.15) is 0 Å². The zero-order chi connectivity index (χ0) is 25.8. The fourth-order valence-corrected chi connectivity index (χ4v) is 5.20. The number of likely N-dealkylation sites (tertiary alicyclic amines) is 1. The van der Waals surface area contributed by atoms with E-state index in [4.69, 9.17) is 4.74 Å². The predicted octanol–water partition coefficient (Wildman–Crippen LogP) is 3.32. The zero-order valence-electron chi connectivity index (χ0n) is 21.5. The Morgan fingerprint density at radius 2 is 1.56 bits per heavy atom. The Bertz CT molecular complexity index is 1060. The van der Waals surface area contributed by atoms with Crippen LogP contribution in [0, 0.1) is 0 Å². The van der Waals surface area contributed by atoms with Gasteiger partial charge >= 0.3 is 5.97 Å². The Labute approximate surface area is 213 Å². The first kappa shape index (κ1) is 25.9. The summed E-state index contributed by atoms with van der Waals surface area (Å²) in [5.74, 6) is -0.609. The van der Waals surface area contributed by atoms with E-state index in [9.17, 15) is 14.4 Å². The normalized spacial score (nSPS) is 20.3. The number of rotatable bonds is 7. The molecule has 2 aliphatic rings. The van der Waals surface area contributed by atoms with Crippen molar-refractivity contribution in [2.24, 2.45) is 0 Å². The highest BCUT2D eigenvalue weighted by atomic mass is 16.6. The third-order valence-electron chi connectivity index (χ3n) is 6.98. The molecule has 7 nitrogen and oxygen atoms in total. The van der Waals surface area contributed by atoms with Gasteiger partial charge in [-0.1, -0.05) is 60.7 Å². The third-order valence-corrected chi connectivity index (χ3v) is 6.98. The summed E-state index contributed by atoms with van der Waals surface area (Å²) in [7, 11) is 0. The maximum absolute atomic E-state index is 13.8. The van der Waals surface area contributed by atoms with Crippen molar-refractivity contribution in [1.29, 1.82) is 0 Å². The monoisotopic (exact) mass is 491 g/mol. The van der Waals surface area contributed by atoms with E-state index in [1.54, 1.807) is 4.90 Å². The van der Waals surface area contributed by atoms with Crippen LogP contribution in [0.3, 0.4) is 0 Å². The molecule has 2 amide bonds. The van der Waals surface area contributed by atoms with Crippen molar-refractivity contribution in [3.63, 3.8) is 0 Å². The molecule has 1 unspecified atom stereocenters. The zero-order valence-corrected chi connectivity index (χ0v) is 21.5. The number of piperazine rings is 1. The van der Waals surface area contributed by atoms with Crippen LogP contribution in [0.25, 0.3) is 0 Å². The Morgan fingerprint density at radius 3 is 2.14 bits per heavy atom. The van der Waals surface area contributed by atoms with Crippen molar-refractivity contribution in [2.45, 2.75) is 70.2 Å². The number of amides is 2. The number of hydrogen-bond donors (Lipinski definition) is 1. The molecule has 2 saturated heterocycles. The Balaban J connectivity index is 1.51. The summed E-state index contributed by atoms with van der Waals surface area (Å²) in [6, 6.07) is 19.3. The number of ether oxygens (including phenoxy) is 1. The van der Waals surface area contributed by atoms with Gasteiger partial charge in [-0.05, 0) is 44.7 Å². The lowest BCUT2D eigenvalue weighted by Gasteiger charge is -2.51. The van der Waals surface area contributed by atoms with Gasteiger partial charge in [-0.25, -0.2) is 0 Å². The molecule has 1 atom stereocenters. The average Bonchev–Trinajstić information content (AvgIpc) is 2.84. The molecule has 0 radical (unpaired) electrons. The van der Waals surface area contributed by atoms with Crippen LogP contribution in [0.2, 0.25) is 0 Å². The van der Waals surface area contributed by atoms with Crippen molar-refractivity contribution >= 4 is 17.8 Å². The van der Waals surface area contributed by atoms with Crippen LogP contribution in [0.5, 0.6) is 0 Å². The number of nitrogens with one attached hydrogen (secondary N) is 1. The summed E-state index contributed by atoms with van der Waals surface area (Å²) < 4.78 is 5.49. The Morgan fingerprint density at radius 1 is 0.972 bits per heavy atom. The molecule has 192 valence electrons. The van der Waals surface area contributed by atoms with Gasteiger partial charge in [0.2, 0.25) is 11.8 Å². The summed E-state index contributed by atoms with van der Waals surface area (Å²) in [5.41, 5.74) is 0.662. The largest absolute Gasteiger partial charge is 0.460 e. The second-order valence-electron chi connectivity index (χ2n) is 10.8. The molecule has 0 aromatic heterocycles. The van der Waals surface area contributed by atoms with Crippen LogP contribution >= 0.6 is 0 Å². The topological polar surface area (TPSA) is 79.0 Å². The predicted molar refractivity (Wildman–Crippen MR) is 138 cm³/mol. The van der Waals surface area contributed by atoms with Crippen LogP contribution in [0.15, 0.2) is 60.7 Å². The molecule has 1 N–H and O–H groups in total. The van der Waals surface area contributed by atoms with Crippen molar-refractivity contribution in [3.05, 3.63) is 71.8 Å². The lowest BCUT2D eigenvalue weighted by atomic mass is 9.81. The number of carbonyl (C=O) groups excluding carboxylic acids is 3. The standard InChI is InChI=1S/C29H37N3O4/c1-28(2,3)36-25(33)14-17-32-26(34)24(20-22-10-6-4-7-11-22)30-27(35)29(32)15-18-31(19-16-29)21-23-12-8-5-9-13-23/h4-13,24H,14-21H2,1-3H3,(H,30,35). The highest BCUT2D eigenvalue weighted by Crippen LogP contribution is 2.34. The van der Waals surface area contributed by atoms with E-state index >= 15 is 0 Å². The summed E-state index contributed by atoms with van der Waals surface area (Å²) in [6.07, 6.45) is 1.54. The van der Waals surface area contributed by atoms with Crippen molar-refractivity contribution in [1.82, 2.24) is 15.1 Å². The fourth-order valence-electron chi connectivity index (χ4n) is 5.20. The highest BCUT2D eigenvalue weighted by molar-refractivity contribution is 6.00. The van der Waals surface area contributed by atoms with Crippen molar-refractivity contribution < 1.29 is 19.1 Å². The van der Waals surface area contributed by atoms with Crippen LogP contribution in [-0.2, 0) is 32.1 Å². The lowest BCUT2D eigenvalue weighted by molar-refractivity contribution is -0.164. The Kier molecular flexibility index (Phi) is 7.79. The second kappa shape index (κ2) is 10.8. The number of hydrogen-bond acceptors (Lipinski definition) is 5. The second-order valence-corrected chi connectivity index (χ2v) is 10.8. The minimum Gasteiger partial charge on any atom is -0.460 e. The van der Waals surface area contributed by atoms with Crippen LogP contribution in [0.4, 0.5) is 0 Å². The quantitative estimate of drug-likeness (QED) is 0.601. The van der Waals surface area contributed by atoms with Gasteiger partial charge in [0.15, 0.2) is 0 Å². The third kappa shape index (κ3) is 6.13. The van der Waals surface area contributed by atoms with Gasteiger partial charge in [-0.3, -0.25) is 19.3 Å².